The second-order valence-electron chi connectivity index (χ2n) is 7.42. The highest BCUT2D eigenvalue weighted by atomic mass is 16.5. The molecule has 0 atom stereocenters. The van der Waals surface area contributed by atoms with Crippen LogP contribution in [0, 0.1) is 11.3 Å². The molecule has 0 aliphatic heterocycles. The number of likely N-dealkylation sites (N-methyl/N-ethyl adjacent to an activating group) is 1. The maximum Gasteiger partial charge on any atom is 0.251 e. The van der Waals surface area contributed by atoms with Crippen LogP contribution in [-0.2, 0) is 0 Å². The number of carbonyl (C=O) groups is 1. The van der Waals surface area contributed by atoms with E-state index in [0.29, 0.717) is 40.8 Å². The number of nitrogens with zero attached hydrogens (tertiary/aromatic N) is 4. The van der Waals surface area contributed by atoms with Crippen molar-refractivity contribution in [1.82, 2.24) is 20.2 Å². The van der Waals surface area contributed by atoms with E-state index < -0.39 is 0 Å². The molecular formula is C24H26N6O3. The summed E-state index contributed by atoms with van der Waals surface area (Å²) in [5.41, 5.74) is 3.12. The highest BCUT2D eigenvalue weighted by Gasteiger charge is 2.12. The number of nitrogens with one attached hydrogen (secondary N) is 2. The van der Waals surface area contributed by atoms with Gasteiger partial charge in [-0.25, -0.2) is 9.97 Å². The zero-order valence-electron chi connectivity index (χ0n) is 19.0. The molecule has 9 heteroatoms. The van der Waals surface area contributed by atoms with E-state index in [4.69, 9.17) is 14.7 Å². The van der Waals surface area contributed by atoms with Crippen LogP contribution in [0.5, 0.6) is 11.5 Å². The number of methoxy groups -OCH3 is 2. The molecular weight excluding hydrogens is 420 g/mol. The quantitative estimate of drug-likeness (QED) is 0.516. The summed E-state index contributed by atoms with van der Waals surface area (Å²) in [6, 6.07) is 12.5. The van der Waals surface area contributed by atoms with Gasteiger partial charge in [0.15, 0.2) is 0 Å². The summed E-state index contributed by atoms with van der Waals surface area (Å²) in [4.78, 5) is 23.2. The number of hydrogen-bond donors (Lipinski definition) is 2. The smallest absolute Gasteiger partial charge is 0.251 e. The molecule has 0 bridgehead atoms. The fraction of sp³-hybridized carbons (Fsp3) is 0.250. The van der Waals surface area contributed by atoms with Crippen molar-refractivity contribution in [2.75, 3.05) is 46.7 Å². The Labute approximate surface area is 193 Å². The number of benzene rings is 2. The zero-order valence-corrected chi connectivity index (χ0v) is 19.0. The number of anilines is 2. The largest absolute Gasteiger partial charge is 0.495 e. The summed E-state index contributed by atoms with van der Waals surface area (Å²) >= 11 is 0. The highest BCUT2D eigenvalue weighted by molar-refractivity contribution is 5.95. The molecule has 170 valence electrons. The maximum atomic E-state index is 12.5. The third kappa shape index (κ3) is 5.96. The molecule has 0 saturated heterocycles. The van der Waals surface area contributed by atoms with Crippen LogP contribution in [0.3, 0.4) is 0 Å². The first-order valence-corrected chi connectivity index (χ1v) is 10.2. The Hall–Kier alpha value is -4.16. The third-order valence-corrected chi connectivity index (χ3v) is 4.86. The Balaban J connectivity index is 1.77. The number of amides is 1. The van der Waals surface area contributed by atoms with E-state index in [1.165, 1.54) is 7.11 Å². The third-order valence-electron chi connectivity index (χ3n) is 4.86. The minimum atomic E-state index is -0.173. The highest BCUT2D eigenvalue weighted by Crippen LogP contribution is 2.29. The maximum absolute atomic E-state index is 12.5. The second kappa shape index (κ2) is 10.9. The van der Waals surface area contributed by atoms with E-state index in [1.54, 1.807) is 49.8 Å². The van der Waals surface area contributed by atoms with Crippen molar-refractivity contribution in [2.24, 2.45) is 0 Å². The number of ether oxygens (including phenoxy) is 2. The molecule has 3 aromatic rings. The van der Waals surface area contributed by atoms with Crippen LogP contribution in [0.25, 0.3) is 11.1 Å². The van der Waals surface area contributed by atoms with Gasteiger partial charge in [0.1, 0.15) is 17.6 Å². The van der Waals surface area contributed by atoms with Gasteiger partial charge in [-0.3, -0.25) is 4.79 Å². The fourth-order valence-electron chi connectivity index (χ4n) is 3.07. The van der Waals surface area contributed by atoms with Gasteiger partial charge in [0.25, 0.3) is 5.91 Å². The second-order valence-corrected chi connectivity index (χ2v) is 7.42. The summed E-state index contributed by atoms with van der Waals surface area (Å²) in [7, 11) is 6.97. The molecule has 1 amide bonds. The normalized spacial score (nSPS) is 10.4. The Morgan fingerprint density at radius 1 is 1.03 bits per heavy atom. The molecule has 2 aromatic carbocycles. The molecule has 2 N–H and O–H groups in total. The number of rotatable bonds is 9. The molecule has 1 heterocycles. The molecule has 3 rings (SSSR count). The molecule has 0 spiro atoms. The Bertz CT molecular complexity index is 1160. The zero-order chi connectivity index (χ0) is 23.8. The predicted molar refractivity (Wildman–Crippen MR) is 126 cm³/mol. The van der Waals surface area contributed by atoms with Gasteiger partial charge < -0.3 is 25.0 Å². The lowest BCUT2D eigenvalue weighted by Gasteiger charge is -2.13. The van der Waals surface area contributed by atoms with Gasteiger partial charge >= 0.3 is 0 Å². The van der Waals surface area contributed by atoms with Crippen LogP contribution in [0.1, 0.15) is 15.9 Å². The lowest BCUT2D eigenvalue weighted by molar-refractivity contribution is 0.0951. The van der Waals surface area contributed by atoms with E-state index in [2.05, 4.69) is 26.7 Å². The summed E-state index contributed by atoms with van der Waals surface area (Å²) in [6.07, 6.45) is 3.33. The van der Waals surface area contributed by atoms with E-state index in [0.717, 1.165) is 17.7 Å². The van der Waals surface area contributed by atoms with Gasteiger partial charge in [0, 0.05) is 36.6 Å². The number of aromatic nitrogens is 2. The van der Waals surface area contributed by atoms with Crippen LogP contribution >= 0.6 is 0 Å². The van der Waals surface area contributed by atoms with Crippen molar-refractivity contribution in [1.29, 1.82) is 5.26 Å². The average Bonchev–Trinajstić information content (AvgIpc) is 2.83. The number of hydrogen-bond acceptors (Lipinski definition) is 8. The lowest BCUT2D eigenvalue weighted by atomic mass is 10.1. The van der Waals surface area contributed by atoms with Gasteiger partial charge in [-0.05, 0) is 50.0 Å². The summed E-state index contributed by atoms with van der Waals surface area (Å²) in [5, 5.41) is 15.1. The summed E-state index contributed by atoms with van der Waals surface area (Å²) in [5.74, 6) is 1.23. The van der Waals surface area contributed by atoms with Crippen molar-refractivity contribution in [3.8, 4) is 28.7 Å². The van der Waals surface area contributed by atoms with Crippen LogP contribution in [0.2, 0.25) is 0 Å². The molecule has 0 unspecified atom stereocenters. The molecule has 0 radical (unpaired) electrons. The predicted octanol–water partition coefficient (Wildman–Crippen LogP) is 3.07. The molecule has 0 aliphatic carbocycles. The molecule has 9 nitrogen and oxygen atoms in total. The van der Waals surface area contributed by atoms with Crippen LogP contribution in [0.15, 0.2) is 48.8 Å². The Kier molecular flexibility index (Phi) is 7.78. The van der Waals surface area contributed by atoms with Crippen LogP contribution in [-0.4, -0.2) is 62.2 Å². The monoisotopic (exact) mass is 446 g/mol. The van der Waals surface area contributed by atoms with Gasteiger partial charge in [-0.1, -0.05) is 6.07 Å². The topological polar surface area (TPSA) is 112 Å². The van der Waals surface area contributed by atoms with E-state index in [-0.39, 0.29) is 5.91 Å². The van der Waals surface area contributed by atoms with Gasteiger partial charge in [-0.2, -0.15) is 5.26 Å². The molecule has 1 aromatic heterocycles. The first-order chi connectivity index (χ1) is 15.9. The molecule has 0 fully saturated rings. The van der Waals surface area contributed by atoms with E-state index >= 15 is 0 Å². The first kappa shape index (κ1) is 23.5. The molecule has 0 aliphatic rings. The molecule has 0 saturated carbocycles. The van der Waals surface area contributed by atoms with Gasteiger partial charge in [-0.15, -0.1) is 0 Å². The van der Waals surface area contributed by atoms with Crippen molar-refractivity contribution < 1.29 is 14.3 Å². The minimum Gasteiger partial charge on any atom is -0.495 e. The van der Waals surface area contributed by atoms with Crippen molar-refractivity contribution in [2.45, 2.75) is 0 Å². The SMILES string of the molecule is COc1cc(-c2cnc(Nc3cc(C(=O)NCCN(C)C)ccc3OC)nc2)ccc1C#N. The summed E-state index contributed by atoms with van der Waals surface area (Å²) in [6.45, 7) is 1.30. The van der Waals surface area contributed by atoms with Gasteiger partial charge in [0.05, 0.1) is 25.5 Å². The van der Waals surface area contributed by atoms with Gasteiger partial charge in [0.2, 0.25) is 5.95 Å². The number of nitriles is 1. The minimum absolute atomic E-state index is 0.173. The van der Waals surface area contributed by atoms with Crippen LogP contribution in [0.4, 0.5) is 11.6 Å². The number of carbonyl (C=O) groups excluding carboxylic acids is 1. The first-order valence-electron chi connectivity index (χ1n) is 10.2. The lowest BCUT2D eigenvalue weighted by Crippen LogP contribution is -2.31. The molecule has 33 heavy (non-hydrogen) atoms. The fourth-order valence-corrected chi connectivity index (χ4v) is 3.07. The van der Waals surface area contributed by atoms with Crippen molar-refractivity contribution in [3.05, 3.63) is 59.9 Å². The van der Waals surface area contributed by atoms with Crippen molar-refractivity contribution >= 4 is 17.5 Å². The average molecular weight is 447 g/mol. The van der Waals surface area contributed by atoms with Crippen molar-refractivity contribution in [3.63, 3.8) is 0 Å². The Morgan fingerprint density at radius 3 is 2.39 bits per heavy atom. The Morgan fingerprint density at radius 2 is 1.76 bits per heavy atom. The van der Waals surface area contributed by atoms with Crippen LogP contribution < -0.4 is 20.1 Å². The van der Waals surface area contributed by atoms with E-state index in [1.807, 2.05) is 25.1 Å². The summed E-state index contributed by atoms with van der Waals surface area (Å²) < 4.78 is 10.7. The van der Waals surface area contributed by atoms with E-state index in [9.17, 15) is 4.79 Å². The standard InChI is InChI=1S/C24H26N6O3/c1-30(2)10-9-26-23(31)17-7-8-21(32-3)20(11-17)29-24-27-14-19(15-28-24)16-5-6-18(13-25)22(12-16)33-4/h5-8,11-12,14-15H,9-10H2,1-4H3,(H,26,31)(H,27,28,29).